The molecule has 0 saturated carbocycles. The molecule has 1 saturated heterocycles. The standard InChI is InChI=1S/C26H30N4O3S/c1-19(31)27-24(20-8-10-23(33-2)11-9-20)16-25(32)30-14-12-29(13-15-30)17-22-18-34-26(28-22)21-6-4-3-5-7-21/h3-11,18,24H,12-17H2,1-2H3,(H,27,31). The predicted octanol–water partition coefficient (Wildman–Crippen LogP) is 3.73. The van der Waals surface area contributed by atoms with Crippen LogP contribution in [0.15, 0.2) is 60.0 Å². The summed E-state index contributed by atoms with van der Waals surface area (Å²) in [5, 5.41) is 6.07. The minimum absolute atomic E-state index is 0.0502. The molecule has 2 aromatic carbocycles. The van der Waals surface area contributed by atoms with Crippen LogP contribution in [0.4, 0.5) is 0 Å². The molecule has 178 valence electrons. The van der Waals surface area contributed by atoms with Crippen molar-refractivity contribution < 1.29 is 14.3 Å². The second-order valence-corrected chi connectivity index (χ2v) is 9.26. The van der Waals surface area contributed by atoms with Crippen molar-refractivity contribution in [2.75, 3.05) is 33.3 Å². The Labute approximate surface area is 204 Å². The van der Waals surface area contributed by atoms with Gasteiger partial charge in [-0.25, -0.2) is 4.98 Å². The number of hydrogen-bond donors (Lipinski definition) is 1. The molecule has 0 radical (unpaired) electrons. The average molecular weight is 479 g/mol. The first-order chi connectivity index (χ1) is 16.5. The number of nitrogens with one attached hydrogen (secondary N) is 1. The van der Waals surface area contributed by atoms with E-state index in [0.29, 0.717) is 13.1 Å². The van der Waals surface area contributed by atoms with Gasteiger partial charge < -0.3 is 15.0 Å². The van der Waals surface area contributed by atoms with E-state index in [1.54, 1.807) is 18.4 Å². The molecule has 7 nitrogen and oxygen atoms in total. The molecule has 1 fully saturated rings. The Kier molecular flexibility index (Phi) is 7.92. The van der Waals surface area contributed by atoms with Gasteiger partial charge in [0, 0.05) is 50.6 Å². The van der Waals surface area contributed by atoms with E-state index in [0.717, 1.165) is 47.2 Å². The maximum absolute atomic E-state index is 13.0. The summed E-state index contributed by atoms with van der Waals surface area (Å²) in [4.78, 5) is 33.8. The molecule has 3 aromatic rings. The van der Waals surface area contributed by atoms with E-state index < -0.39 is 0 Å². The van der Waals surface area contributed by atoms with Gasteiger partial charge in [0.15, 0.2) is 0 Å². The van der Waals surface area contributed by atoms with Crippen LogP contribution < -0.4 is 10.1 Å². The molecule has 2 amide bonds. The Morgan fingerprint density at radius 2 is 1.76 bits per heavy atom. The first-order valence-electron chi connectivity index (χ1n) is 11.4. The number of methoxy groups -OCH3 is 1. The van der Waals surface area contributed by atoms with Crippen molar-refractivity contribution in [1.82, 2.24) is 20.1 Å². The van der Waals surface area contributed by atoms with Crippen molar-refractivity contribution in [2.24, 2.45) is 0 Å². The van der Waals surface area contributed by atoms with Crippen LogP contribution in [0.25, 0.3) is 10.6 Å². The zero-order valence-corrected chi connectivity index (χ0v) is 20.4. The van der Waals surface area contributed by atoms with Crippen molar-refractivity contribution in [3.05, 3.63) is 71.2 Å². The molecule has 34 heavy (non-hydrogen) atoms. The van der Waals surface area contributed by atoms with Gasteiger partial charge >= 0.3 is 0 Å². The first kappa shape index (κ1) is 23.9. The van der Waals surface area contributed by atoms with Gasteiger partial charge in [0.25, 0.3) is 0 Å². The molecule has 0 bridgehead atoms. The van der Waals surface area contributed by atoms with Crippen LogP contribution in [0.2, 0.25) is 0 Å². The zero-order chi connectivity index (χ0) is 23.9. The number of ether oxygens (including phenoxy) is 1. The number of thiazole rings is 1. The summed E-state index contributed by atoms with van der Waals surface area (Å²) in [6.45, 7) is 5.20. The monoisotopic (exact) mass is 478 g/mol. The number of benzene rings is 2. The lowest BCUT2D eigenvalue weighted by Gasteiger charge is -2.35. The lowest BCUT2D eigenvalue weighted by molar-refractivity contribution is -0.133. The normalized spacial score (nSPS) is 15.1. The number of aromatic nitrogens is 1. The summed E-state index contributed by atoms with van der Waals surface area (Å²) in [7, 11) is 1.61. The summed E-state index contributed by atoms with van der Waals surface area (Å²) >= 11 is 1.66. The molecule has 0 aliphatic carbocycles. The van der Waals surface area contributed by atoms with Crippen LogP contribution >= 0.6 is 11.3 Å². The van der Waals surface area contributed by atoms with Crippen LogP contribution in [0.3, 0.4) is 0 Å². The summed E-state index contributed by atoms with van der Waals surface area (Å²) in [5.74, 6) is 0.634. The number of rotatable bonds is 8. The molecule has 4 rings (SSSR count). The number of piperazine rings is 1. The van der Waals surface area contributed by atoms with Crippen LogP contribution in [-0.2, 0) is 16.1 Å². The average Bonchev–Trinajstić information content (AvgIpc) is 3.33. The Bertz CT molecular complexity index is 1090. The maximum atomic E-state index is 13.0. The van der Waals surface area contributed by atoms with E-state index in [4.69, 9.17) is 9.72 Å². The van der Waals surface area contributed by atoms with Crippen molar-refractivity contribution in [3.63, 3.8) is 0 Å². The molecular formula is C26H30N4O3S. The topological polar surface area (TPSA) is 74.8 Å². The third kappa shape index (κ3) is 6.21. The van der Waals surface area contributed by atoms with E-state index in [2.05, 4.69) is 27.7 Å². The van der Waals surface area contributed by atoms with Gasteiger partial charge in [-0.15, -0.1) is 11.3 Å². The predicted molar refractivity (Wildman–Crippen MR) is 134 cm³/mol. The molecule has 1 aromatic heterocycles. The van der Waals surface area contributed by atoms with E-state index >= 15 is 0 Å². The Morgan fingerprint density at radius 3 is 2.41 bits per heavy atom. The molecule has 1 unspecified atom stereocenters. The molecule has 2 heterocycles. The summed E-state index contributed by atoms with van der Waals surface area (Å²) in [6.07, 6.45) is 0.235. The highest BCUT2D eigenvalue weighted by molar-refractivity contribution is 7.13. The van der Waals surface area contributed by atoms with Crippen LogP contribution in [0.1, 0.15) is 30.6 Å². The third-order valence-electron chi connectivity index (χ3n) is 5.96. The van der Waals surface area contributed by atoms with Gasteiger partial charge in [-0.3, -0.25) is 14.5 Å². The second-order valence-electron chi connectivity index (χ2n) is 8.40. The quantitative estimate of drug-likeness (QED) is 0.534. The van der Waals surface area contributed by atoms with Crippen molar-refractivity contribution in [3.8, 4) is 16.3 Å². The highest BCUT2D eigenvalue weighted by Gasteiger charge is 2.25. The number of amides is 2. The summed E-state index contributed by atoms with van der Waals surface area (Å²) in [6, 6.07) is 17.3. The van der Waals surface area contributed by atoms with E-state index in [1.165, 1.54) is 6.92 Å². The van der Waals surface area contributed by atoms with Crippen LogP contribution in [-0.4, -0.2) is 59.9 Å². The van der Waals surface area contributed by atoms with Gasteiger partial charge in [-0.1, -0.05) is 42.5 Å². The van der Waals surface area contributed by atoms with Crippen molar-refractivity contribution >= 4 is 23.2 Å². The van der Waals surface area contributed by atoms with Gasteiger partial charge in [0.1, 0.15) is 10.8 Å². The largest absolute Gasteiger partial charge is 0.497 e. The number of hydrogen-bond acceptors (Lipinski definition) is 6. The van der Waals surface area contributed by atoms with Crippen LogP contribution in [0, 0.1) is 0 Å². The Balaban J connectivity index is 1.30. The summed E-state index contributed by atoms with van der Waals surface area (Å²) in [5.41, 5.74) is 3.09. The SMILES string of the molecule is COc1ccc(C(CC(=O)N2CCN(Cc3csc(-c4ccccc4)n3)CC2)NC(C)=O)cc1. The Morgan fingerprint density at radius 1 is 1.06 bits per heavy atom. The first-order valence-corrected chi connectivity index (χ1v) is 12.3. The highest BCUT2D eigenvalue weighted by atomic mass is 32.1. The highest BCUT2D eigenvalue weighted by Crippen LogP contribution is 2.25. The second kappa shape index (κ2) is 11.3. The van der Waals surface area contributed by atoms with Gasteiger partial charge in [-0.2, -0.15) is 0 Å². The fraction of sp³-hybridized carbons (Fsp3) is 0.346. The molecule has 0 spiro atoms. The lowest BCUT2D eigenvalue weighted by Crippen LogP contribution is -2.49. The fourth-order valence-corrected chi connectivity index (χ4v) is 4.93. The fourth-order valence-electron chi connectivity index (χ4n) is 4.11. The van der Waals surface area contributed by atoms with E-state index in [9.17, 15) is 9.59 Å². The minimum Gasteiger partial charge on any atom is -0.497 e. The molecule has 8 heteroatoms. The van der Waals surface area contributed by atoms with Gasteiger partial charge in [0.2, 0.25) is 11.8 Å². The van der Waals surface area contributed by atoms with E-state index in [-0.39, 0.29) is 24.3 Å². The van der Waals surface area contributed by atoms with Crippen LogP contribution in [0.5, 0.6) is 5.75 Å². The summed E-state index contributed by atoms with van der Waals surface area (Å²) < 4.78 is 5.21. The van der Waals surface area contributed by atoms with Crippen molar-refractivity contribution in [1.29, 1.82) is 0 Å². The molecule has 1 aliphatic rings. The maximum Gasteiger partial charge on any atom is 0.225 e. The van der Waals surface area contributed by atoms with Gasteiger partial charge in [-0.05, 0) is 17.7 Å². The van der Waals surface area contributed by atoms with E-state index in [1.807, 2.05) is 47.4 Å². The van der Waals surface area contributed by atoms with Gasteiger partial charge in [0.05, 0.1) is 25.3 Å². The smallest absolute Gasteiger partial charge is 0.225 e. The molecule has 1 atom stereocenters. The number of carbonyl (C=O) groups is 2. The van der Waals surface area contributed by atoms with Crippen molar-refractivity contribution in [2.45, 2.75) is 25.9 Å². The number of nitrogens with zero attached hydrogens (tertiary/aromatic N) is 3. The zero-order valence-electron chi connectivity index (χ0n) is 19.6. The minimum atomic E-state index is -0.361. The Hall–Kier alpha value is -3.23. The number of carbonyl (C=O) groups excluding carboxylic acids is 2. The molecular weight excluding hydrogens is 448 g/mol. The molecule has 1 aliphatic heterocycles. The molecule has 1 N–H and O–H groups in total. The third-order valence-corrected chi connectivity index (χ3v) is 6.90. The lowest BCUT2D eigenvalue weighted by atomic mass is 10.0.